The molecule has 0 N–H and O–H groups in total. The Balaban J connectivity index is 1.68. The molecule has 25 heavy (non-hydrogen) atoms. The molecule has 3 rings (SSSR count). The van der Waals surface area contributed by atoms with E-state index in [-0.39, 0.29) is 5.91 Å². The van der Waals surface area contributed by atoms with Crippen molar-refractivity contribution in [3.05, 3.63) is 71.8 Å². The Morgan fingerprint density at radius 2 is 1.84 bits per heavy atom. The number of hydrogen-bond donors (Lipinski definition) is 0. The van der Waals surface area contributed by atoms with E-state index in [0.717, 1.165) is 43.7 Å². The third-order valence-corrected chi connectivity index (χ3v) is 4.79. The first-order chi connectivity index (χ1) is 12.3. The Morgan fingerprint density at radius 1 is 1.08 bits per heavy atom. The summed E-state index contributed by atoms with van der Waals surface area (Å²) in [4.78, 5) is 14.6. The predicted molar refractivity (Wildman–Crippen MR) is 102 cm³/mol. The second-order valence-electron chi connectivity index (χ2n) is 6.49. The van der Waals surface area contributed by atoms with Crippen molar-refractivity contribution in [1.82, 2.24) is 4.90 Å². The molecule has 0 radical (unpaired) electrons. The zero-order valence-corrected chi connectivity index (χ0v) is 14.7. The second kappa shape index (κ2) is 8.52. The minimum atomic E-state index is 0.101. The molecule has 1 saturated heterocycles. The molecule has 1 atom stereocenters. The summed E-state index contributed by atoms with van der Waals surface area (Å²) in [5.74, 6) is 1.36. The van der Waals surface area contributed by atoms with Gasteiger partial charge in [-0.05, 0) is 42.2 Å². The number of rotatable bonds is 4. The molecule has 1 aliphatic heterocycles. The fraction of sp³-hybridized carbons (Fsp3) is 0.318. The molecule has 3 heteroatoms. The van der Waals surface area contributed by atoms with Crippen LogP contribution in [-0.4, -0.2) is 31.0 Å². The number of benzene rings is 2. The molecule has 2 aromatic rings. The van der Waals surface area contributed by atoms with E-state index in [1.807, 2.05) is 53.4 Å². The van der Waals surface area contributed by atoms with Crippen LogP contribution in [0.15, 0.2) is 60.7 Å². The van der Waals surface area contributed by atoms with Crippen LogP contribution in [0.5, 0.6) is 5.75 Å². The molecule has 0 spiro atoms. The third kappa shape index (κ3) is 4.72. The summed E-state index contributed by atoms with van der Waals surface area (Å²) in [5.41, 5.74) is 2.34. The average molecular weight is 335 g/mol. The first-order valence-electron chi connectivity index (χ1n) is 8.92. The molecule has 2 aromatic carbocycles. The summed E-state index contributed by atoms with van der Waals surface area (Å²) >= 11 is 0. The number of ether oxygens (including phenoxy) is 1. The van der Waals surface area contributed by atoms with Gasteiger partial charge in [-0.1, -0.05) is 48.9 Å². The predicted octanol–water partition coefficient (Wildman–Crippen LogP) is 4.50. The maximum Gasteiger partial charge on any atom is 0.246 e. The summed E-state index contributed by atoms with van der Waals surface area (Å²) in [6, 6.07) is 18.2. The summed E-state index contributed by atoms with van der Waals surface area (Å²) in [6.07, 6.45) is 6.94. The maximum atomic E-state index is 12.6. The lowest BCUT2D eigenvalue weighted by Crippen LogP contribution is -2.32. The standard InChI is InChI=1S/C22H25NO2/c1-25-21-13-11-19(12-14-21)20-9-5-6-16-23(17-20)22(24)15-10-18-7-3-2-4-8-18/h2-4,7-8,10-15,20H,5-6,9,16-17H2,1H3/b15-10+. The van der Waals surface area contributed by atoms with E-state index in [4.69, 9.17) is 4.74 Å². The molecule has 1 heterocycles. The van der Waals surface area contributed by atoms with Gasteiger partial charge in [0, 0.05) is 25.1 Å². The van der Waals surface area contributed by atoms with Crippen molar-refractivity contribution in [2.75, 3.05) is 20.2 Å². The van der Waals surface area contributed by atoms with Gasteiger partial charge < -0.3 is 9.64 Å². The van der Waals surface area contributed by atoms with Gasteiger partial charge in [-0.3, -0.25) is 4.79 Å². The van der Waals surface area contributed by atoms with Crippen molar-refractivity contribution in [2.45, 2.75) is 25.2 Å². The third-order valence-electron chi connectivity index (χ3n) is 4.79. The van der Waals surface area contributed by atoms with Crippen molar-refractivity contribution in [3.63, 3.8) is 0 Å². The van der Waals surface area contributed by atoms with Gasteiger partial charge in [-0.15, -0.1) is 0 Å². The van der Waals surface area contributed by atoms with Crippen molar-refractivity contribution in [3.8, 4) is 5.75 Å². The zero-order valence-electron chi connectivity index (χ0n) is 14.7. The number of nitrogens with zero attached hydrogens (tertiary/aromatic N) is 1. The van der Waals surface area contributed by atoms with Crippen molar-refractivity contribution < 1.29 is 9.53 Å². The minimum absolute atomic E-state index is 0.101. The largest absolute Gasteiger partial charge is 0.497 e. The van der Waals surface area contributed by atoms with E-state index in [9.17, 15) is 4.79 Å². The van der Waals surface area contributed by atoms with E-state index in [1.165, 1.54) is 5.56 Å². The van der Waals surface area contributed by atoms with Gasteiger partial charge in [-0.2, -0.15) is 0 Å². The highest BCUT2D eigenvalue weighted by molar-refractivity contribution is 5.91. The van der Waals surface area contributed by atoms with Gasteiger partial charge in [0.15, 0.2) is 0 Å². The van der Waals surface area contributed by atoms with E-state index < -0.39 is 0 Å². The van der Waals surface area contributed by atoms with Crippen LogP contribution in [0.25, 0.3) is 6.08 Å². The van der Waals surface area contributed by atoms with Crippen LogP contribution in [-0.2, 0) is 4.79 Å². The Morgan fingerprint density at radius 3 is 2.56 bits per heavy atom. The van der Waals surface area contributed by atoms with Crippen LogP contribution < -0.4 is 4.74 Å². The number of methoxy groups -OCH3 is 1. The van der Waals surface area contributed by atoms with E-state index in [0.29, 0.717) is 5.92 Å². The first-order valence-corrected chi connectivity index (χ1v) is 8.92. The molecule has 0 aliphatic carbocycles. The van der Waals surface area contributed by atoms with Crippen molar-refractivity contribution >= 4 is 12.0 Å². The van der Waals surface area contributed by atoms with Gasteiger partial charge >= 0.3 is 0 Å². The number of likely N-dealkylation sites (tertiary alicyclic amines) is 1. The Labute approximate surface area is 149 Å². The molecule has 1 amide bonds. The minimum Gasteiger partial charge on any atom is -0.497 e. The summed E-state index contributed by atoms with van der Waals surface area (Å²) in [5, 5.41) is 0. The Hall–Kier alpha value is -2.55. The van der Waals surface area contributed by atoms with Gasteiger partial charge in [0.1, 0.15) is 5.75 Å². The van der Waals surface area contributed by atoms with Crippen LogP contribution in [0.4, 0.5) is 0 Å². The summed E-state index contributed by atoms with van der Waals surface area (Å²) in [6.45, 7) is 1.62. The fourth-order valence-corrected chi connectivity index (χ4v) is 3.33. The molecule has 3 nitrogen and oxygen atoms in total. The highest BCUT2D eigenvalue weighted by Gasteiger charge is 2.22. The van der Waals surface area contributed by atoms with Gasteiger partial charge in [0.05, 0.1) is 7.11 Å². The molecule has 1 fully saturated rings. The topological polar surface area (TPSA) is 29.5 Å². The Kier molecular flexibility index (Phi) is 5.89. The smallest absolute Gasteiger partial charge is 0.246 e. The number of amides is 1. The molecule has 1 aliphatic rings. The molecule has 0 aromatic heterocycles. The number of carbonyl (C=O) groups is 1. The van der Waals surface area contributed by atoms with Crippen molar-refractivity contribution in [1.29, 1.82) is 0 Å². The van der Waals surface area contributed by atoms with E-state index >= 15 is 0 Å². The van der Waals surface area contributed by atoms with Crippen LogP contribution in [0.2, 0.25) is 0 Å². The zero-order chi connectivity index (χ0) is 17.5. The lowest BCUT2D eigenvalue weighted by molar-refractivity contribution is -0.126. The summed E-state index contributed by atoms with van der Waals surface area (Å²) in [7, 11) is 1.68. The molecule has 0 saturated carbocycles. The normalized spacial score (nSPS) is 18.1. The van der Waals surface area contributed by atoms with Crippen LogP contribution in [0, 0.1) is 0 Å². The second-order valence-corrected chi connectivity index (χ2v) is 6.49. The monoisotopic (exact) mass is 335 g/mol. The molecule has 130 valence electrons. The molecular weight excluding hydrogens is 310 g/mol. The maximum absolute atomic E-state index is 12.6. The van der Waals surface area contributed by atoms with Gasteiger partial charge in [-0.25, -0.2) is 0 Å². The van der Waals surface area contributed by atoms with Crippen LogP contribution in [0.3, 0.4) is 0 Å². The SMILES string of the molecule is COc1ccc(C2CCCCN(C(=O)/C=C/c3ccccc3)C2)cc1. The Bertz CT molecular complexity index is 707. The average Bonchev–Trinajstić information content (AvgIpc) is 2.93. The van der Waals surface area contributed by atoms with Crippen molar-refractivity contribution in [2.24, 2.45) is 0 Å². The van der Waals surface area contributed by atoms with E-state index in [2.05, 4.69) is 12.1 Å². The first kappa shape index (κ1) is 17.3. The van der Waals surface area contributed by atoms with Gasteiger partial charge in [0.25, 0.3) is 0 Å². The number of hydrogen-bond acceptors (Lipinski definition) is 2. The van der Waals surface area contributed by atoms with E-state index in [1.54, 1.807) is 13.2 Å². The lowest BCUT2D eigenvalue weighted by atomic mass is 9.94. The quantitative estimate of drug-likeness (QED) is 0.770. The van der Waals surface area contributed by atoms with Gasteiger partial charge in [0.2, 0.25) is 5.91 Å². The molecule has 1 unspecified atom stereocenters. The number of carbonyl (C=O) groups excluding carboxylic acids is 1. The highest BCUT2D eigenvalue weighted by Crippen LogP contribution is 2.28. The van der Waals surface area contributed by atoms with Crippen LogP contribution in [0.1, 0.15) is 36.3 Å². The lowest BCUT2D eigenvalue weighted by Gasteiger charge is -2.24. The van der Waals surface area contributed by atoms with Crippen LogP contribution >= 0.6 is 0 Å². The summed E-state index contributed by atoms with van der Waals surface area (Å²) < 4.78 is 5.24. The highest BCUT2D eigenvalue weighted by atomic mass is 16.5. The fourth-order valence-electron chi connectivity index (χ4n) is 3.33. The molecular formula is C22H25NO2. The molecule has 0 bridgehead atoms.